The first-order valence-electron chi connectivity index (χ1n) is 6.13. The van der Waals surface area contributed by atoms with Crippen LogP contribution in [0.1, 0.15) is 19.8 Å². The standard InChI is InChI=1S/C13H18FN3O/c1-13(12(18)15-2)5-3-7-17(9-13)11-4-6-16-8-10(11)14/h4,6,8H,3,5,7,9H2,1-2H3,(H,15,18). The number of piperidine rings is 1. The van der Waals surface area contributed by atoms with Gasteiger partial charge in [0.25, 0.3) is 0 Å². The zero-order valence-corrected chi connectivity index (χ0v) is 10.7. The Morgan fingerprint density at radius 2 is 2.39 bits per heavy atom. The minimum absolute atomic E-state index is 0.0154. The minimum atomic E-state index is -0.456. The highest BCUT2D eigenvalue weighted by molar-refractivity contribution is 5.83. The molecule has 18 heavy (non-hydrogen) atoms. The summed E-state index contributed by atoms with van der Waals surface area (Å²) in [5.74, 6) is -0.319. The zero-order chi connectivity index (χ0) is 13.2. The van der Waals surface area contributed by atoms with Gasteiger partial charge in [-0.1, -0.05) is 0 Å². The van der Waals surface area contributed by atoms with E-state index in [2.05, 4.69) is 10.3 Å². The maximum absolute atomic E-state index is 13.7. The topological polar surface area (TPSA) is 45.2 Å². The van der Waals surface area contributed by atoms with Crippen LogP contribution in [0.3, 0.4) is 0 Å². The highest BCUT2D eigenvalue weighted by Gasteiger charge is 2.37. The number of rotatable bonds is 2. The normalized spacial score (nSPS) is 23.8. The van der Waals surface area contributed by atoms with Crippen molar-refractivity contribution in [2.75, 3.05) is 25.0 Å². The first kappa shape index (κ1) is 12.8. The molecule has 2 rings (SSSR count). The molecule has 1 atom stereocenters. The third-order valence-electron chi connectivity index (χ3n) is 3.56. The third kappa shape index (κ3) is 2.30. The van der Waals surface area contributed by atoms with Crippen LogP contribution in [-0.2, 0) is 4.79 Å². The Kier molecular flexibility index (Phi) is 3.50. The van der Waals surface area contributed by atoms with E-state index in [1.54, 1.807) is 19.3 Å². The van der Waals surface area contributed by atoms with Crippen molar-refractivity contribution >= 4 is 11.6 Å². The summed E-state index contributed by atoms with van der Waals surface area (Å²) < 4.78 is 13.7. The van der Waals surface area contributed by atoms with Crippen LogP contribution in [0, 0.1) is 11.2 Å². The Balaban J connectivity index is 2.22. The number of amides is 1. The Morgan fingerprint density at radius 3 is 3.06 bits per heavy atom. The Morgan fingerprint density at radius 1 is 1.61 bits per heavy atom. The van der Waals surface area contributed by atoms with Crippen molar-refractivity contribution in [2.24, 2.45) is 5.41 Å². The van der Waals surface area contributed by atoms with Gasteiger partial charge >= 0.3 is 0 Å². The number of nitrogens with one attached hydrogen (secondary N) is 1. The number of pyridine rings is 1. The molecule has 4 nitrogen and oxygen atoms in total. The van der Waals surface area contributed by atoms with E-state index in [-0.39, 0.29) is 11.7 Å². The molecule has 0 aliphatic carbocycles. The average molecular weight is 251 g/mol. The first-order chi connectivity index (χ1) is 8.57. The highest BCUT2D eigenvalue weighted by atomic mass is 19.1. The van der Waals surface area contributed by atoms with Crippen molar-refractivity contribution in [3.8, 4) is 0 Å². The predicted octanol–water partition coefficient (Wildman–Crippen LogP) is 1.57. The predicted molar refractivity (Wildman–Crippen MR) is 67.8 cm³/mol. The Hall–Kier alpha value is -1.65. The lowest BCUT2D eigenvalue weighted by Gasteiger charge is -2.40. The van der Waals surface area contributed by atoms with Gasteiger partial charge in [0.2, 0.25) is 5.91 Å². The van der Waals surface area contributed by atoms with Crippen LogP contribution in [0.5, 0.6) is 0 Å². The van der Waals surface area contributed by atoms with Crippen LogP contribution in [0.25, 0.3) is 0 Å². The zero-order valence-electron chi connectivity index (χ0n) is 10.7. The van der Waals surface area contributed by atoms with Gasteiger partial charge in [-0.15, -0.1) is 0 Å². The summed E-state index contributed by atoms with van der Waals surface area (Å²) in [5.41, 5.74) is 0.0720. The molecule has 5 heteroatoms. The second-order valence-electron chi connectivity index (χ2n) is 4.99. The quantitative estimate of drug-likeness (QED) is 0.868. The van der Waals surface area contributed by atoms with Crippen LogP contribution >= 0.6 is 0 Å². The molecule has 1 aromatic rings. The fourth-order valence-corrected chi connectivity index (χ4v) is 2.56. The molecule has 1 aliphatic rings. The molecule has 0 aromatic carbocycles. The molecule has 1 aliphatic heterocycles. The summed E-state index contributed by atoms with van der Waals surface area (Å²) >= 11 is 0. The molecule has 0 bridgehead atoms. The van der Waals surface area contributed by atoms with Gasteiger partial charge < -0.3 is 10.2 Å². The second kappa shape index (κ2) is 4.92. The number of carbonyl (C=O) groups is 1. The van der Waals surface area contributed by atoms with E-state index >= 15 is 0 Å². The molecular formula is C13H18FN3O. The number of hydrogen-bond donors (Lipinski definition) is 1. The summed E-state index contributed by atoms with van der Waals surface area (Å²) in [5, 5.41) is 2.69. The highest BCUT2D eigenvalue weighted by Crippen LogP contribution is 2.33. The van der Waals surface area contributed by atoms with Crippen molar-refractivity contribution < 1.29 is 9.18 Å². The van der Waals surface area contributed by atoms with E-state index < -0.39 is 5.41 Å². The summed E-state index contributed by atoms with van der Waals surface area (Å²) in [6.45, 7) is 3.23. The van der Waals surface area contributed by atoms with E-state index in [9.17, 15) is 9.18 Å². The van der Waals surface area contributed by atoms with Gasteiger partial charge in [0.05, 0.1) is 17.3 Å². The number of hydrogen-bond acceptors (Lipinski definition) is 3. The van der Waals surface area contributed by atoms with Gasteiger partial charge in [0.1, 0.15) is 0 Å². The lowest BCUT2D eigenvalue weighted by molar-refractivity contribution is -0.130. The van der Waals surface area contributed by atoms with Crippen molar-refractivity contribution in [1.29, 1.82) is 0 Å². The summed E-state index contributed by atoms with van der Waals surface area (Å²) in [6.07, 6.45) is 4.49. The summed E-state index contributed by atoms with van der Waals surface area (Å²) in [4.78, 5) is 17.6. The molecule has 1 N–H and O–H groups in total. The van der Waals surface area contributed by atoms with Gasteiger partial charge in [0, 0.05) is 26.3 Å². The summed E-state index contributed by atoms with van der Waals surface area (Å²) in [7, 11) is 1.64. The Labute approximate surface area is 106 Å². The van der Waals surface area contributed by atoms with Gasteiger partial charge in [-0.25, -0.2) is 4.39 Å². The molecule has 0 saturated carbocycles. The van der Waals surface area contributed by atoms with E-state index in [1.165, 1.54) is 6.20 Å². The fourth-order valence-electron chi connectivity index (χ4n) is 2.56. The van der Waals surface area contributed by atoms with Crippen LogP contribution in [0.2, 0.25) is 0 Å². The second-order valence-corrected chi connectivity index (χ2v) is 4.99. The maximum Gasteiger partial charge on any atom is 0.227 e. The van der Waals surface area contributed by atoms with Gasteiger partial charge in [0.15, 0.2) is 5.82 Å². The van der Waals surface area contributed by atoms with E-state index in [1.807, 2.05) is 11.8 Å². The van der Waals surface area contributed by atoms with E-state index in [4.69, 9.17) is 0 Å². The molecule has 1 aromatic heterocycles. The van der Waals surface area contributed by atoms with Crippen molar-refractivity contribution in [3.05, 3.63) is 24.3 Å². The monoisotopic (exact) mass is 251 g/mol. The Bertz CT molecular complexity index is 452. The number of aromatic nitrogens is 1. The molecule has 0 spiro atoms. The molecule has 98 valence electrons. The van der Waals surface area contributed by atoms with E-state index in [0.29, 0.717) is 12.2 Å². The van der Waals surface area contributed by atoms with Gasteiger partial charge in [-0.05, 0) is 25.8 Å². The van der Waals surface area contributed by atoms with Crippen molar-refractivity contribution in [2.45, 2.75) is 19.8 Å². The van der Waals surface area contributed by atoms with Crippen molar-refractivity contribution in [3.63, 3.8) is 0 Å². The van der Waals surface area contributed by atoms with Crippen LogP contribution < -0.4 is 10.2 Å². The lowest BCUT2D eigenvalue weighted by Crippen LogP contribution is -2.49. The first-order valence-corrected chi connectivity index (χ1v) is 6.13. The average Bonchev–Trinajstić information content (AvgIpc) is 2.38. The van der Waals surface area contributed by atoms with E-state index in [0.717, 1.165) is 19.4 Å². The number of nitrogens with zero attached hydrogens (tertiary/aromatic N) is 2. The molecule has 1 fully saturated rings. The van der Waals surface area contributed by atoms with Gasteiger partial charge in [-0.3, -0.25) is 9.78 Å². The number of carbonyl (C=O) groups excluding carboxylic acids is 1. The number of anilines is 1. The molecule has 1 unspecified atom stereocenters. The van der Waals surface area contributed by atoms with Crippen molar-refractivity contribution in [1.82, 2.24) is 10.3 Å². The van der Waals surface area contributed by atoms with Crippen LogP contribution in [0.15, 0.2) is 18.5 Å². The maximum atomic E-state index is 13.7. The van der Waals surface area contributed by atoms with Gasteiger partial charge in [-0.2, -0.15) is 0 Å². The number of halogens is 1. The molecule has 1 saturated heterocycles. The third-order valence-corrected chi connectivity index (χ3v) is 3.56. The molecular weight excluding hydrogens is 233 g/mol. The smallest absolute Gasteiger partial charge is 0.227 e. The molecule has 0 radical (unpaired) electrons. The largest absolute Gasteiger partial charge is 0.368 e. The summed E-state index contributed by atoms with van der Waals surface area (Å²) in [6, 6.07) is 1.66. The molecule has 1 amide bonds. The SMILES string of the molecule is CNC(=O)C1(C)CCCN(c2ccncc2F)C1. The minimum Gasteiger partial charge on any atom is -0.368 e. The lowest BCUT2D eigenvalue weighted by atomic mass is 9.81. The fraction of sp³-hybridized carbons (Fsp3) is 0.538. The molecule has 2 heterocycles. The van der Waals surface area contributed by atoms with Crippen LogP contribution in [-0.4, -0.2) is 31.0 Å². The van der Waals surface area contributed by atoms with Crippen LogP contribution in [0.4, 0.5) is 10.1 Å².